The zero-order valence-corrected chi connectivity index (χ0v) is 10.2. The fourth-order valence-electron chi connectivity index (χ4n) is 2.37. The highest BCUT2D eigenvalue weighted by atomic mass is 32.2. The maximum Gasteiger partial charge on any atom is 0.151 e. The van der Waals surface area contributed by atoms with Crippen LogP contribution in [0.5, 0.6) is 0 Å². The van der Waals surface area contributed by atoms with E-state index in [9.17, 15) is 8.42 Å². The van der Waals surface area contributed by atoms with Crippen molar-refractivity contribution >= 4 is 9.84 Å². The molecule has 0 unspecified atom stereocenters. The molecule has 3 atom stereocenters. The molecule has 1 aromatic rings. The fraction of sp³-hybridized carbons (Fsp3) is 0.500. The van der Waals surface area contributed by atoms with Crippen LogP contribution in [0.2, 0.25) is 0 Å². The van der Waals surface area contributed by atoms with Gasteiger partial charge in [-0.2, -0.15) is 0 Å². The number of hydrogen-bond acceptors (Lipinski definition) is 3. The Hall–Kier alpha value is -0.870. The van der Waals surface area contributed by atoms with Gasteiger partial charge >= 0.3 is 0 Å². The molecule has 1 N–H and O–H groups in total. The summed E-state index contributed by atoms with van der Waals surface area (Å²) in [4.78, 5) is 0. The van der Waals surface area contributed by atoms with Gasteiger partial charge in [0.15, 0.2) is 9.84 Å². The topological polar surface area (TPSA) is 54.4 Å². The van der Waals surface area contributed by atoms with Crippen molar-refractivity contribution in [2.75, 3.05) is 12.9 Å². The third kappa shape index (κ3) is 1.99. The van der Waals surface area contributed by atoms with Gasteiger partial charge in [0.25, 0.3) is 0 Å². The predicted molar refractivity (Wildman–Crippen MR) is 63.1 cm³/mol. The van der Waals surface area contributed by atoms with Crippen LogP contribution in [0.4, 0.5) is 0 Å². The van der Waals surface area contributed by atoms with Crippen molar-refractivity contribution < 1.29 is 13.5 Å². The molecule has 4 heteroatoms. The van der Waals surface area contributed by atoms with Crippen LogP contribution in [-0.4, -0.2) is 31.6 Å². The minimum Gasteiger partial charge on any atom is -0.396 e. The SMILES string of the molecule is Cc1ccc([C@@H]2[C@@H](CO)[C@H]2S(C)(=O)=O)cc1. The van der Waals surface area contributed by atoms with Crippen LogP contribution in [0, 0.1) is 12.8 Å². The minimum atomic E-state index is -3.06. The maximum atomic E-state index is 11.5. The van der Waals surface area contributed by atoms with E-state index in [1.165, 1.54) is 6.26 Å². The summed E-state index contributed by atoms with van der Waals surface area (Å²) in [6, 6.07) is 7.85. The smallest absolute Gasteiger partial charge is 0.151 e. The first-order chi connectivity index (χ1) is 7.45. The van der Waals surface area contributed by atoms with Gasteiger partial charge in [0, 0.05) is 24.7 Å². The third-order valence-corrected chi connectivity index (χ3v) is 4.90. The molecule has 1 aromatic carbocycles. The number of benzene rings is 1. The highest BCUT2D eigenvalue weighted by Crippen LogP contribution is 2.51. The molecule has 3 nitrogen and oxygen atoms in total. The van der Waals surface area contributed by atoms with Crippen LogP contribution < -0.4 is 0 Å². The summed E-state index contributed by atoms with van der Waals surface area (Å²) in [6.07, 6.45) is 1.24. The van der Waals surface area contributed by atoms with Crippen molar-refractivity contribution in [3.8, 4) is 0 Å². The minimum absolute atomic E-state index is 0.0272. The van der Waals surface area contributed by atoms with E-state index in [0.29, 0.717) is 0 Å². The molecule has 1 fully saturated rings. The van der Waals surface area contributed by atoms with Crippen molar-refractivity contribution in [2.45, 2.75) is 18.1 Å². The van der Waals surface area contributed by atoms with Crippen molar-refractivity contribution in [1.82, 2.24) is 0 Å². The average molecular weight is 240 g/mol. The molecule has 1 aliphatic carbocycles. The van der Waals surface area contributed by atoms with Crippen molar-refractivity contribution in [2.24, 2.45) is 5.92 Å². The van der Waals surface area contributed by atoms with E-state index in [0.717, 1.165) is 11.1 Å². The van der Waals surface area contributed by atoms with Crippen LogP contribution in [0.15, 0.2) is 24.3 Å². The predicted octanol–water partition coefficient (Wildman–Crippen LogP) is 1.11. The third-order valence-electron chi connectivity index (χ3n) is 3.26. The summed E-state index contributed by atoms with van der Waals surface area (Å²) in [7, 11) is -3.06. The van der Waals surface area contributed by atoms with Gasteiger partial charge < -0.3 is 5.11 Å². The Morgan fingerprint density at radius 1 is 1.25 bits per heavy atom. The molecule has 0 spiro atoms. The molecule has 1 saturated carbocycles. The van der Waals surface area contributed by atoms with E-state index in [1.807, 2.05) is 31.2 Å². The second-order valence-corrected chi connectivity index (χ2v) is 6.78. The molecule has 0 saturated heterocycles. The number of aryl methyl sites for hydroxylation is 1. The van der Waals surface area contributed by atoms with Crippen LogP contribution in [0.3, 0.4) is 0 Å². The van der Waals surface area contributed by atoms with Crippen LogP contribution >= 0.6 is 0 Å². The summed E-state index contributed by atoms with van der Waals surface area (Å²) < 4.78 is 23.0. The van der Waals surface area contributed by atoms with Gasteiger partial charge in [0.2, 0.25) is 0 Å². The standard InChI is InChI=1S/C12H16O3S/c1-8-3-5-9(6-4-8)11-10(7-13)12(11)16(2,14)15/h3-6,10-13H,7H2,1-2H3/t10-,11-,12-/m1/s1. The number of hydrogen-bond donors (Lipinski definition) is 1. The highest BCUT2D eigenvalue weighted by molar-refractivity contribution is 7.91. The molecule has 88 valence electrons. The molecule has 0 heterocycles. The fourth-order valence-corrected chi connectivity index (χ4v) is 4.06. The summed E-state index contributed by atoms with van der Waals surface area (Å²) >= 11 is 0. The molecule has 0 amide bonds. The largest absolute Gasteiger partial charge is 0.396 e. The number of aliphatic hydroxyl groups is 1. The molecule has 2 rings (SSSR count). The summed E-state index contributed by atoms with van der Waals surface area (Å²) in [5.74, 6) is -0.154. The van der Waals surface area contributed by atoms with Crippen molar-refractivity contribution in [3.63, 3.8) is 0 Å². The van der Waals surface area contributed by atoms with Gasteiger partial charge in [0.1, 0.15) is 0 Å². The van der Waals surface area contributed by atoms with E-state index in [-0.39, 0.29) is 18.4 Å². The lowest BCUT2D eigenvalue weighted by atomic mass is 10.1. The molecule has 1 aliphatic rings. The average Bonchev–Trinajstić information content (AvgIpc) is 2.92. The zero-order valence-electron chi connectivity index (χ0n) is 9.42. The lowest BCUT2D eigenvalue weighted by molar-refractivity contribution is 0.274. The highest BCUT2D eigenvalue weighted by Gasteiger charge is 2.56. The summed E-state index contributed by atoms with van der Waals surface area (Å²) in [5, 5.41) is 8.76. The van der Waals surface area contributed by atoms with Crippen LogP contribution in [-0.2, 0) is 9.84 Å². The Morgan fingerprint density at radius 3 is 2.19 bits per heavy atom. The Labute approximate surface area is 96.0 Å². The van der Waals surface area contributed by atoms with Gasteiger partial charge in [-0.3, -0.25) is 0 Å². The van der Waals surface area contributed by atoms with Crippen LogP contribution in [0.25, 0.3) is 0 Å². The van der Waals surface area contributed by atoms with E-state index >= 15 is 0 Å². The van der Waals surface area contributed by atoms with E-state index in [1.54, 1.807) is 0 Å². The van der Waals surface area contributed by atoms with Gasteiger partial charge in [0.05, 0.1) is 5.25 Å². The van der Waals surface area contributed by atoms with Gasteiger partial charge in [-0.25, -0.2) is 8.42 Å². The molecular formula is C12H16O3S. The maximum absolute atomic E-state index is 11.5. The Kier molecular flexibility index (Phi) is 2.80. The first kappa shape index (κ1) is 11.6. The van der Waals surface area contributed by atoms with Crippen LogP contribution in [0.1, 0.15) is 17.0 Å². The molecule has 0 aromatic heterocycles. The Morgan fingerprint density at radius 2 is 1.81 bits per heavy atom. The van der Waals surface area contributed by atoms with Gasteiger partial charge in [-0.15, -0.1) is 0 Å². The van der Waals surface area contributed by atoms with E-state index in [2.05, 4.69) is 0 Å². The molecule has 0 radical (unpaired) electrons. The van der Waals surface area contributed by atoms with E-state index < -0.39 is 15.1 Å². The Balaban J connectivity index is 2.27. The summed E-state index contributed by atoms with van der Waals surface area (Å²) in [5.41, 5.74) is 2.17. The lowest BCUT2D eigenvalue weighted by Crippen LogP contribution is -2.08. The molecule has 16 heavy (non-hydrogen) atoms. The monoisotopic (exact) mass is 240 g/mol. The lowest BCUT2D eigenvalue weighted by Gasteiger charge is -2.00. The van der Waals surface area contributed by atoms with E-state index in [4.69, 9.17) is 5.11 Å². The number of sulfone groups is 1. The normalized spacial score (nSPS) is 29.1. The second-order valence-electron chi connectivity index (χ2n) is 4.58. The molecular weight excluding hydrogens is 224 g/mol. The zero-order chi connectivity index (χ0) is 11.9. The van der Waals surface area contributed by atoms with Crippen molar-refractivity contribution in [1.29, 1.82) is 0 Å². The number of aliphatic hydroxyl groups excluding tert-OH is 1. The number of rotatable bonds is 3. The van der Waals surface area contributed by atoms with Gasteiger partial charge in [-0.05, 0) is 12.5 Å². The first-order valence-electron chi connectivity index (χ1n) is 5.31. The van der Waals surface area contributed by atoms with Gasteiger partial charge in [-0.1, -0.05) is 29.8 Å². The Bertz CT molecular complexity index is 475. The molecule has 0 bridgehead atoms. The summed E-state index contributed by atoms with van der Waals surface area (Å²) in [6.45, 7) is 1.94. The second kappa shape index (κ2) is 3.86. The molecule has 0 aliphatic heterocycles. The first-order valence-corrected chi connectivity index (χ1v) is 7.27. The quantitative estimate of drug-likeness (QED) is 0.861. The van der Waals surface area contributed by atoms with Crippen molar-refractivity contribution in [3.05, 3.63) is 35.4 Å².